The second-order valence-electron chi connectivity index (χ2n) is 2.61. The van der Waals surface area contributed by atoms with Gasteiger partial charge in [0.2, 0.25) is 0 Å². The van der Waals surface area contributed by atoms with Crippen LogP contribution in [0.4, 0.5) is 0 Å². The van der Waals surface area contributed by atoms with E-state index >= 15 is 0 Å². The van der Waals surface area contributed by atoms with Crippen LogP contribution in [0.15, 0.2) is 28.8 Å². The summed E-state index contributed by atoms with van der Waals surface area (Å²) in [5, 5.41) is 0.416. The number of furan rings is 1. The minimum Gasteiger partial charge on any atom is -0.458 e. The first-order valence-electron chi connectivity index (χ1n) is 3.81. The van der Waals surface area contributed by atoms with E-state index in [4.69, 9.17) is 16.0 Å². The molecule has 0 aliphatic rings. The van der Waals surface area contributed by atoms with Crippen LogP contribution in [-0.2, 0) is 0 Å². The van der Waals surface area contributed by atoms with E-state index < -0.39 is 0 Å². The first-order valence-corrected chi connectivity index (χ1v) is 4.19. The Balaban J connectivity index is 2.46. The van der Waals surface area contributed by atoms with Crippen LogP contribution in [0.1, 0.15) is 5.76 Å². The van der Waals surface area contributed by atoms with Crippen LogP contribution >= 0.6 is 11.6 Å². The molecule has 0 saturated heterocycles. The lowest BCUT2D eigenvalue weighted by atomic mass is 10.4. The summed E-state index contributed by atoms with van der Waals surface area (Å²) in [7, 11) is 0. The maximum Gasteiger partial charge on any atom is 0.197 e. The van der Waals surface area contributed by atoms with Gasteiger partial charge >= 0.3 is 0 Å². The topological polar surface area (TPSA) is 38.9 Å². The van der Waals surface area contributed by atoms with Gasteiger partial charge in [-0.05, 0) is 25.1 Å². The highest BCUT2D eigenvalue weighted by molar-refractivity contribution is 6.29. The van der Waals surface area contributed by atoms with Crippen molar-refractivity contribution in [1.29, 1.82) is 0 Å². The number of hydrogen-bond acceptors (Lipinski definition) is 3. The van der Waals surface area contributed by atoms with Crippen molar-refractivity contribution in [3.8, 4) is 11.6 Å². The third kappa shape index (κ3) is 1.70. The van der Waals surface area contributed by atoms with E-state index in [1.165, 1.54) is 0 Å². The van der Waals surface area contributed by atoms with Gasteiger partial charge in [-0.3, -0.25) is 0 Å². The van der Waals surface area contributed by atoms with E-state index in [2.05, 4.69) is 9.97 Å². The summed E-state index contributed by atoms with van der Waals surface area (Å²) in [6, 6.07) is 5.31. The van der Waals surface area contributed by atoms with Crippen molar-refractivity contribution in [3.63, 3.8) is 0 Å². The van der Waals surface area contributed by atoms with Gasteiger partial charge in [0.25, 0.3) is 0 Å². The van der Waals surface area contributed by atoms with Crippen LogP contribution in [0.25, 0.3) is 11.6 Å². The van der Waals surface area contributed by atoms with Crippen LogP contribution < -0.4 is 0 Å². The number of halogens is 1. The summed E-state index contributed by atoms with van der Waals surface area (Å²) in [5.74, 6) is 1.99. The molecule has 0 radical (unpaired) electrons. The molecule has 4 heteroatoms. The molecule has 2 heterocycles. The van der Waals surface area contributed by atoms with Crippen molar-refractivity contribution in [2.45, 2.75) is 6.92 Å². The molecule has 0 unspecified atom stereocenters. The lowest BCUT2D eigenvalue weighted by Crippen LogP contribution is -1.85. The zero-order valence-corrected chi connectivity index (χ0v) is 7.75. The Labute approximate surface area is 80.4 Å². The van der Waals surface area contributed by atoms with E-state index in [9.17, 15) is 0 Å². The number of hydrogen-bond donors (Lipinski definition) is 0. The zero-order chi connectivity index (χ0) is 9.26. The highest BCUT2D eigenvalue weighted by atomic mass is 35.5. The molecule has 0 N–H and O–H groups in total. The van der Waals surface area contributed by atoms with Gasteiger partial charge in [-0.1, -0.05) is 11.6 Å². The number of aromatic nitrogens is 2. The highest BCUT2D eigenvalue weighted by Gasteiger charge is 2.05. The summed E-state index contributed by atoms with van der Waals surface area (Å²) < 4.78 is 5.34. The molecule has 66 valence electrons. The van der Waals surface area contributed by atoms with Crippen molar-refractivity contribution >= 4 is 11.6 Å². The second-order valence-corrected chi connectivity index (χ2v) is 3.00. The number of aryl methyl sites for hydroxylation is 1. The fourth-order valence-electron chi connectivity index (χ4n) is 1.01. The molecular formula is C9H7ClN2O. The molecular weight excluding hydrogens is 188 g/mol. The Bertz CT molecular complexity index is 425. The molecule has 0 aliphatic heterocycles. The Morgan fingerprint density at radius 2 is 2.15 bits per heavy atom. The Morgan fingerprint density at radius 3 is 2.77 bits per heavy atom. The second kappa shape index (κ2) is 3.18. The van der Waals surface area contributed by atoms with Crippen LogP contribution in [0.3, 0.4) is 0 Å². The van der Waals surface area contributed by atoms with Crippen LogP contribution in [0, 0.1) is 6.92 Å². The summed E-state index contributed by atoms with van der Waals surface area (Å²) in [4.78, 5) is 8.05. The van der Waals surface area contributed by atoms with Gasteiger partial charge in [0.1, 0.15) is 10.9 Å². The molecule has 2 aromatic rings. The standard InChI is InChI=1S/C9H7ClN2O/c1-6-2-3-7(13-6)9-11-5-4-8(10)12-9/h2-5H,1H3. The Hall–Kier alpha value is -1.35. The molecule has 2 rings (SSSR count). The van der Waals surface area contributed by atoms with Crippen molar-refractivity contribution < 1.29 is 4.42 Å². The molecule has 0 bridgehead atoms. The van der Waals surface area contributed by atoms with E-state index in [1.807, 2.05) is 19.1 Å². The zero-order valence-electron chi connectivity index (χ0n) is 6.99. The first-order chi connectivity index (χ1) is 6.25. The number of rotatable bonds is 1. The summed E-state index contributed by atoms with van der Waals surface area (Å²) in [5.41, 5.74) is 0. The largest absolute Gasteiger partial charge is 0.458 e. The molecule has 13 heavy (non-hydrogen) atoms. The van der Waals surface area contributed by atoms with Gasteiger partial charge in [0.15, 0.2) is 11.6 Å². The maximum absolute atomic E-state index is 5.71. The third-order valence-electron chi connectivity index (χ3n) is 1.58. The van der Waals surface area contributed by atoms with Gasteiger partial charge in [-0.2, -0.15) is 0 Å². The van der Waals surface area contributed by atoms with Gasteiger partial charge < -0.3 is 4.42 Å². The lowest BCUT2D eigenvalue weighted by Gasteiger charge is -1.94. The van der Waals surface area contributed by atoms with Crippen molar-refractivity contribution in [2.75, 3.05) is 0 Å². The van der Waals surface area contributed by atoms with Crippen molar-refractivity contribution in [3.05, 3.63) is 35.3 Å². The molecule has 0 aliphatic carbocycles. The predicted octanol–water partition coefficient (Wildman–Crippen LogP) is 2.70. The Morgan fingerprint density at radius 1 is 1.31 bits per heavy atom. The molecule has 2 aromatic heterocycles. The molecule has 3 nitrogen and oxygen atoms in total. The fraction of sp³-hybridized carbons (Fsp3) is 0.111. The fourth-order valence-corrected chi connectivity index (χ4v) is 1.15. The van der Waals surface area contributed by atoms with Gasteiger partial charge in [-0.15, -0.1) is 0 Å². The highest BCUT2D eigenvalue weighted by Crippen LogP contribution is 2.18. The van der Waals surface area contributed by atoms with Crippen molar-refractivity contribution in [1.82, 2.24) is 9.97 Å². The van der Waals surface area contributed by atoms with Gasteiger partial charge in [0.05, 0.1) is 0 Å². The smallest absolute Gasteiger partial charge is 0.197 e. The minimum atomic E-state index is 0.416. The quantitative estimate of drug-likeness (QED) is 0.656. The van der Waals surface area contributed by atoms with Crippen LogP contribution in [0.5, 0.6) is 0 Å². The monoisotopic (exact) mass is 194 g/mol. The average molecular weight is 195 g/mol. The average Bonchev–Trinajstić information content (AvgIpc) is 2.52. The van der Waals surface area contributed by atoms with Crippen LogP contribution in [-0.4, -0.2) is 9.97 Å². The molecule has 0 spiro atoms. The third-order valence-corrected chi connectivity index (χ3v) is 1.79. The van der Waals surface area contributed by atoms with Crippen molar-refractivity contribution in [2.24, 2.45) is 0 Å². The normalized spacial score (nSPS) is 10.3. The van der Waals surface area contributed by atoms with E-state index in [-0.39, 0.29) is 0 Å². The van der Waals surface area contributed by atoms with Crippen LogP contribution in [0.2, 0.25) is 5.15 Å². The lowest BCUT2D eigenvalue weighted by molar-refractivity contribution is 0.544. The van der Waals surface area contributed by atoms with E-state index in [1.54, 1.807) is 12.3 Å². The molecule has 0 saturated carbocycles. The predicted molar refractivity (Wildman–Crippen MR) is 49.5 cm³/mol. The molecule has 0 amide bonds. The SMILES string of the molecule is Cc1ccc(-c2nccc(Cl)n2)o1. The van der Waals surface area contributed by atoms with Gasteiger partial charge in [-0.25, -0.2) is 9.97 Å². The maximum atomic E-state index is 5.71. The number of nitrogens with zero attached hydrogens (tertiary/aromatic N) is 2. The summed E-state index contributed by atoms with van der Waals surface area (Å²) >= 11 is 5.71. The van der Waals surface area contributed by atoms with E-state index in [0.717, 1.165) is 5.76 Å². The first kappa shape index (κ1) is 8.26. The molecule has 0 aromatic carbocycles. The minimum absolute atomic E-state index is 0.416. The molecule has 0 fully saturated rings. The Kier molecular flexibility index (Phi) is 2.02. The van der Waals surface area contributed by atoms with E-state index in [0.29, 0.717) is 16.7 Å². The molecule has 0 atom stereocenters. The summed E-state index contributed by atoms with van der Waals surface area (Å²) in [6.45, 7) is 1.87. The summed E-state index contributed by atoms with van der Waals surface area (Å²) in [6.07, 6.45) is 1.60. The van der Waals surface area contributed by atoms with Gasteiger partial charge in [0, 0.05) is 6.20 Å².